The molecule has 0 amide bonds. The van der Waals surface area contributed by atoms with Crippen LogP contribution in [0.3, 0.4) is 0 Å². The third-order valence-corrected chi connectivity index (χ3v) is 7.45. The standard InChI is InChI=1S/C32H40N2.C2H6/c1-25-10-14-28(15-11-25)18-21-34-22-19-30(20-23-34)32(33(4)31-8-6-5-7-9-31)24-27(3)29-16-12-26(2)13-17-29;1-2/h5-8,10-17,24,30-31H,3,9,18-23H2,1-2,4H3;1-2H3/b32-24-;. The highest BCUT2D eigenvalue weighted by atomic mass is 15.2. The summed E-state index contributed by atoms with van der Waals surface area (Å²) >= 11 is 0. The molecule has 1 fully saturated rings. The van der Waals surface area contributed by atoms with E-state index in [2.05, 4.69) is 116 Å². The van der Waals surface area contributed by atoms with Crippen LogP contribution in [0.2, 0.25) is 0 Å². The molecule has 0 radical (unpaired) electrons. The van der Waals surface area contributed by atoms with Crippen LogP contribution in [-0.2, 0) is 6.42 Å². The molecule has 1 aliphatic heterocycles. The first-order valence-electron chi connectivity index (χ1n) is 13.8. The van der Waals surface area contributed by atoms with E-state index in [1.165, 1.54) is 53.9 Å². The molecular weight excluding hydrogens is 436 g/mol. The van der Waals surface area contributed by atoms with Gasteiger partial charge in [-0.2, -0.15) is 0 Å². The molecule has 2 aromatic rings. The van der Waals surface area contributed by atoms with Gasteiger partial charge in [0.05, 0.1) is 6.04 Å². The number of hydrogen-bond donors (Lipinski definition) is 0. The van der Waals surface area contributed by atoms with Gasteiger partial charge in [-0.1, -0.05) is 104 Å². The van der Waals surface area contributed by atoms with Gasteiger partial charge in [0.2, 0.25) is 0 Å². The van der Waals surface area contributed by atoms with Crippen molar-refractivity contribution in [2.45, 2.75) is 59.4 Å². The summed E-state index contributed by atoms with van der Waals surface area (Å²) in [5, 5.41) is 0. The third-order valence-electron chi connectivity index (χ3n) is 7.45. The lowest BCUT2D eigenvalue weighted by atomic mass is 9.89. The molecule has 1 heterocycles. The quantitative estimate of drug-likeness (QED) is 0.352. The van der Waals surface area contributed by atoms with Crippen molar-refractivity contribution in [3.63, 3.8) is 0 Å². The van der Waals surface area contributed by atoms with Crippen molar-refractivity contribution in [1.29, 1.82) is 0 Å². The molecule has 2 nitrogen and oxygen atoms in total. The summed E-state index contributed by atoms with van der Waals surface area (Å²) in [4.78, 5) is 5.15. The van der Waals surface area contributed by atoms with Crippen molar-refractivity contribution in [1.82, 2.24) is 9.80 Å². The highest BCUT2D eigenvalue weighted by Gasteiger charge is 2.27. The Morgan fingerprint density at radius 1 is 0.944 bits per heavy atom. The molecular formula is C34H46N2. The Balaban J connectivity index is 0.00000176. The lowest BCUT2D eigenvalue weighted by Gasteiger charge is -2.39. The van der Waals surface area contributed by atoms with Gasteiger partial charge >= 0.3 is 0 Å². The third kappa shape index (κ3) is 7.83. The van der Waals surface area contributed by atoms with E-state index in [-0.39, 0.29) is 0 Å². The molecule has 0 spiro atoms. The zero-order chi connectivity index (χ0) is 25.9. The molecule has 0 bridgehead atoms. The fraction of sp³-hybridized carbons (Fsp3) is 0.412. The van der Waals surface area contributed by atoms with Crippen LogP contribution >= 0.6 is 0 Å². The summed E-state index contributed by atoms with van der Waals surface area (Å²) in [6.07, 6.45) is 15.9. The molecule has 0 N–H and O–H groups in total. The summed E-state index contributed by atoms with van der Waals surface area (Å²) in [6, 6.07) is 18.2. The minimum Gasteiger partial charge on any atom is -0.371 e. The fourth-order valence-electron chi connectivity index (χ4n) is 5.08. The van der Waals surface area contributed by atoms with Crippen molar-refractivity contribution in [3.05, 3.63) is 113 Å². The van der Waals surface area contributed by atoms with Crippen LogP contribution in [0.4, 0.5) is 0 Å². The lowest BCUT2D eigenvalue weighted by Crippen LogP contribution is -2.40. The summed E-state index contributed by atoms with van der Waals surface area (Å²) < 4.78 is 0. The minimum absolute atomic E-state index is 0.418. The number of likely N-dealkylation sites (N-methyl/N-ethyl adjacent to an activating group) is 1. The first-order chi connectivity index (χ1) is 17.5. The maximum atomic E-state index is 4.46. The van der Waals surface area contributed by atoms with E-state index in [9.17, 15) is 0 Å². The monoisotopic (exact) mass is 482 g/mol. The molecule has 2 aromatic carbocycles. The molecule has 0 aromatic heterocycles. The Kier molecular flexibility index (Phi) is 10.8. The Hall–Kier alpha value is -2.84. The van der Waals surface area contributed by atoms with Crippen molar-refractivity contribution in [2.24, 2.45) is 5.92 Å². The maximum Gasteiger partial charge on any atom is 0.0504 e. The first kappa shape index (κ1) is 27.7. The van der Waals surface area contributed by atoms with Gasteiger partial charge in [-0.3, -0.25) is 0 Å². The highest BCUT2D eigenvalue weighted by molar-refractivity contribution is 5.72. The molecule has 1 unspecified atom stereocenters. The number of piperidine rings is 1. The number of aryl methyl sites for hydroxylation is 2. The van der Waals surface area contributed by atoms with Crippen LogP contribution in [-0.4, -0.2) is 42.5 Å². The summed E-state index contributed by atoms with van der Waals surface area (Å²) in [5.41, 5.74) is 7.83. The predicted molar refractivity (Wildman–Crippen MR) is 158 cm³/mol. The van der Waals surface area contributed by atoms with Gasteiger partial charge in [0.25, 0.3) is 0 Å². The molecule has 2 aliphatic rings. The Morgan fingerprint density at radius 3 is 2.14 bits per heavy atom. The summed E-state index contributed by atoms with van der Waals surface area (Å²) in [7, 11) is 2.27. The van der Waals surface area contributed by atoms with E-state index in [0.717, 1.165) is 25.0 Å². The molecule has 1 atom stereocenters. The van der Waals surface area contributed by atoms with Gasteiger partial charge < -0.3 is 9.80 Å². The van der Waals surface area contributed by atoms with Crippen LogP contribution in [0, 0.1) is 19.8 Å². The number of rotatable bonds is 8. The Bertz CT molecular complexity index is 1030. The van der Waals surface area contributed by atoms with E-state index in [1.807, 2.05) is 13.8 Å². The van der Waals surface area contributed by atoms with Gasteiger partial charge in [0.15, 0.2) is 0 Å². The molecule has 4 rings (SSSR count). The number of likely N-dealkylation sites (tertiary alicyclic amines) is 1. The second-order valence-electron chi connectivity index (χ2n) is 10.0. The van der Waals surface area contributed by atoms with Crippen LogP contribution < -0.4 is 0 Å². The minimum atomic E-state index is 0.418. The maximum absolute atomic E-state index is 4.46. The zero-order valence-corrected chi connectivity index (χ0v) is 23.2. The van der Waals surface area contributed by atoms with Gasteiger partial charge in [0, 0.05) is 25.2 Å². The van der Waals surface area contributed by atoms with Crippen LogP contribution in [0.25, 0.3) is 5.57 Å². The predicted octanol–water partition coefficient (Wildman–Crippen LogP) is 8.00. The summed E-state index contributed by atoms with van der Waals surface area (Å²) in [5.74, 6) is 0.571. The zero-order valence-electron chi connectivity index (χ0n) is 23.2. The van der Waals surface area contributed by atoms with E-state index >= 15 is 0 Å². The van der Waals surface area contributed by atoms with Gasteiger partial charge in [-0.25, -0.2) is 0 Å². The molecule has 1 aliphatic carbocycles. The largest absolute Gasteiger partial charge is 0.371 e. The normalized spacial score (nSPS) is 18.5. The highest BCUT2D eigenvalue weighted by Crippen LogP contribution is 2.31. The van der Waals surface area contributed by atoms with Crippen molar-refractivity contribution in [3.8, 4) is 0 Å². The van der Waals surface area contributed by atoms with E-state index in [4.69, 9.17) is 0 Å². The van der Waals surface area contributed by atoms with Crippen LogP contribution in [0.5, 0.6) is 0 Å². The van der Waals surface area contributed by atoms with E-state index < -0.39 is 0 Å². The van der Waals surface area contributed by atoms with Crippen LogP contribution in [0.15, 0.2) is 91.2 Å². The number of nitrogens with zero attached hydrogens (tertiary/aromatic N) is 2. The van der Waals surface area contributed by atoms with Gasteiger partial charge in [-0.05, 0) is 75.4 Å². The molecule has 1 saturated heterocycles. The summed E-state index contributed by atoms with van der Waals surface area (Å²) in [6.45, 7) is 16.2. The lowest BCUT2D eigenvalue weighted by molar-refractivity contribution is 0.178. The van der Waals surface area contributed by atoms with Gasteiger partial charge in [0.1, 0.15) is 0 Å². The topological polar surface area (TPSA) is 6.48 Å². The molecule has 192 valence electrons. The van der Waals surface area contributed by atoms with Crippen molar-refractivity contribution >= 4 is 5.57 Å². The number of hydrogen-bond acceptors (Lipinski definition) is 2. The Morgan fingerprint density at radius 2 is 1.56 bits per heavy atom. The fourth-order valence-corrected chi connectivity index (χ4v) is 5.08. The first-order valence-corrected chi connectivity index (χ1v) is 13.8. The van der Waals surface area contributed by atoms with Crippen LogP contribution in [0.1, 0.15) is 55.4 Å². The second kappa shape index (κ2) is 14.0. The number of benzene rings is 2. The molecule has 2 heteroatoms. The SMILES string of the molecule is C=C(/C=C(/C1CCN(CCc2ccc(C)cc2)CC1)N(C)C1C=CC=CC1)c1ccc(C)cc1.CC. The molecule has 36 heavy (non-hydrogen) atoms. The average Bonchev–Trinajstić information content (AvgIpc) is 2.93. The Labute approximate surface area is 220 Å². The van der Waals surface area contributed by atoms with Gasteiger partial charge in [-0.15, -0.1) is 0 Å². The number of allylic oxidation sites excluding steroid dienone is 5. The molecule has 0 saturated carbocycles. The van der Waals surface area contributed by atoms with Crippen molar-refractivity contribution in [2.75, 3.05) is 26.7 Å². The van der Waals surface area contributed by atoms with E-state index in [1.54, 1.807) is 0 Å². The average molecular weight is 483 g/mol. The second-order valence-corrected chi connectivity index (χ2v) is 10.0. The van der Waals surface area contributed by atoms with Crippen molar-refractivity contribution < 1.29 is 0 Å². The van der Waals surface area contributed by atoms with E-state index in [0.29, 0.717) is 12.0 Å². The smallest absolute Gasteiger partial charge is 0.0504 e.